The van der Waals surface area contributed by atoms with E-state index in [-0.39, 0.29) is 11.2 Å². The van der Waals surface area contributed by atoms with E-state index in [1.165, 1.54) is 11.8 Å². The van der Waals surface area contributed by atoms with E-state index in [1.807, 2.05) is 79.1 Å². The molecule has 0 aliphatic carbocycles. The van der Waals surface area contributed by atoms with Crippen LogP contribution in [0, 0.1) is 6.92 Å². The van der Waals surface area contributed by atoms with Gasteiger partial charge in [-0.25, -0.2) is 0 Å². The maximum atomic E-state index is 12.8. The predicted molar refractivity (Wildman–Crippen MR) is 128 cm³/mol. The molecule has 1 unspecified atom stereocenters. The van der Waals surface area contributed by atoms with E-state index in [2.05, 4.69) is 20.5 Å². The van der Waals surface area contributed by atoms with Crippen LogP contribution in [0.2, 0.25) is 5.02 Å². The van der Waals surface area contributed by atoms with Gasteiger partial charge in [-0.3, -0.25) is 14.3 Å². The Balaban J connectivity index is 1.59. The van der Waals surface area contributed by atoms with Gasteiger partial charge < -0.3 is 5.32 Å². The summed E-state index contributed by atoms with van der Waals surface area (Å²) in [6.07, 6.45) is 3.45. The van der Waals surface area contributed by atoms with Crippen LogP contribution in [0.4, 0.5) is 0 Å². The number of rotatable bonds is 7. The molecule has 2 aromatic carbocycles. The third-order valence-corrected chi connectivity index (χ3v) is 6.40. The summed E-state index contributed by atoms with van der Waals surface area (Å²) in [6, 6.07) is 19.3. The Bertz CT molecular complexity index is 1230. The van der Waals surface area contributed by atoms with Gasteiger partial charge in [0, 0.05) is 29.5 Å². The topological polar surface area (TPSA) is 72.7 Å². The molecule has 6 nitrogen and oxygen atoms in total. The van der Waals surface area contributed by atoms with Crippen LogP contribution in [-0.4, -0.2) is 30.9 Å². The lowest BCUT2D eigenvalue weighted by Crippen LogP contribution is -2.30. The van der Waals surface area contributed by atoms with Crippen molar-refractivity contribution in [3.63, 3.8) is 0 Å². The zero-order valence-corrected chi connectivity index (χ0v) is 19.3. The fraction of sp³-hybridized carbons (Fsp3) is 0.167. The van der Waals surface area contributed by atoms with Gasteiger partial charge in [0.05, 0.1) is 10.9 Å². The molecule has 0 saturated heterocycles. The second-order valence-corrected chi connectivity index (χ2v) is 8.95. The molecule has 4 rings (SSSR count). The van der Waals surface area contributed by atoms with Crippen molar-refractivity contribution in [2.45, 2.75) is 30.8 Å². The van der Waals surface area contributed by atoms with E-state index in [4.69, 9.17) is 11.6 Å². The molecule has 0 radical (unpaired) electrons. The summed E-state index contributed by atoms with van der Waals surface area (Å²) >= 11 is 7.56. The van der Waals surface area contributed by atoms with Crippen LogP contribution in [0.3, 0.4) is 0 Å². The van der Waals surface area contributed by atoms with Crippen molar-refractivity contribution < 1.29 is 4.79 Å². The number of halogens is 1. The highest BCUT2D eigenvalue weighted by Crippen LogP contribution is 2.31. The Labute approximate surface area is 196 Å². The Morgan fingerprint density at radius 3 is 2.53 bits per heavy atom. The van der Waals surface area contributed by atoms with Gasteiger partial charge in [0.15, 0.2) is 11.0 Å². The quantitative estimate of drug-likeness (QED) is 0.386. The van der Waals surface area contributed by atoms with Gasteiger partial charge in [-0.05, 0) is 49.2 Å². The van der Waals surface area contributed by atoms with Gasteiger partial charge in [-0.2, -0.15) is 0 Å². The first-order valence-corrected chi connectivity index (χ1v) is 11.4. The molecule has 32 heavy (non-hydrogen) atoms. The molecule has 4 aromatic rings. The SMILES string of the molecule is Cc1ccccc1-n1c(SC(C)C(=O)NCc2ccccc2Cl)nnc1-c1ccncc1. The summed E-state index contributed by atoms with van der Waals surface area (Å²) in [6.45, 7) is 4.27. The lowest BCUT2D eigenvalue weighted by atomic mass is 10.2. The van der Waals surface area contributed by atoms with E-state index in [0.29, 0.717) is 22.5 Å². The molecule has 0 bridgehead atoms. The number of para-hydroxylation sites is 1. The first kappa shape index (κ1) is 22.0. The number of hydrogen-bond donors (Lipinski definition) is 1. The van der Waals surface area contributed by atoms with Crippen molar-refractivity contribution in [1.29, 1.82) is 0 Å². The van der Waals surface area contributed by atoms with Crippen molar-refractivity contribution in [3.8, 4) is 17.1 Å². The highest BCUT2D eigenvalue weighted by molar-refractivity contribution is 8.00. The maximum Gasteiger partial charge on any atom is 0.233 e. The van der Waals surface area contributed by atoms with Crippen molar-refractivity contribution in [1.82, 2.24) is 25.1 Å². The number of pyridine rings is 1. The van der Waals surface area contributed by atoms with Gasteiger partial charge in [0.25, 0.3) is 0 Å². The monoisotopic (exact) mass is 463 g/mol. The van der Waals surface area contributed by atoms with Gasteiger partial charge in [0.1, 0.15) is 0 Å². The normalized spacial score (nSPS) is 11.8. The number of thioether (sulfide) groups is 1. The average molecular weight is 464 g/mol. The molecular weight excluding hydrogens is 442 g/mol. The van der Waals surface area contributed by atoms with E-state index in [1.54, 1.807) is 12.4 Å². The smallest absolute Gasteiger partial charge is 0.233 e. The van der Waals surface area contributed by atoms with Gasteiger partial charge in [0.2, 0.25) is 5.91 Å². The van der Waals surface area contributed by atoms with Crippen LogP contribution in [0.25, 0.3) is 17.1 Å². The highest BCUT2D eigenvalue weighted by Gasteiger charge is 2.22. The first-order chi connectivity index (χ1) is 15.5. The minimum absolute atomic E-state index is 0.0975. The minimum atomic E-state index is -0.380. The van der Waals surface area contributed by atoms with Gasteiger partial charge in [-0.1, -0.05) is 59.8 Å². The first-order valence-electron chi connectivity index (χ1n) is 10.1. The summed E-state index contributed by atoms with van der Waals surface area (Å²) in [5.41, 5.74) is 3.83. The zero-order valence-electron chi connectivity index (χ0n) is 17.7. The second-order valence-electron chi connectivity index (χ2n) is 7.23. The number of carbonyl (C=O) groups is 1. The van der Waals surface area contributed by atoms with Crippen LogP contribution in [-0.2, 0) is 11.3 Å². The number of benzene rings is 2. The largest absolute Gasteiger partial charge is 0.351 e. The molecule has 0 saturated carbocycles. The fourth-order valence-corrected chi connectivity index (χ4v) is 4.33. The molecule has 8 heteroatoms. The van der Waals surface area contributed by atoms with Crippen LogP contribution in [0.15, 0.2) is 78.2 Å². The van der Waals surface area contributed by atoms with E-state index < -0.39 is 0 Å². The molecule has 0 spiro atoms. The molecule has 1 N–H and O–H groups in total. The van der Waals surface area contributed by atoms with Gasteiger partial charge in [-0.15, -0.1) is 10.2 Å². The van der Waals surface area contributed by atoms with Crippen LogP contribution in [0.5, 0.6) is 0 Å². The molecular formula is C24H22ClN5OS. The van der Waals surface area contributed by atoms with Gasteiger partial charge >= 0.3 is 0 Å². The Kier molecular flexibility index (Phi) is 6.87. The second kappa shape index (κ2) is 9.97. The van der Waals surface area contributed by atoms with E-state index in [0.717, 1.165) is 22.4 Å². The lowest BCUT2D eigenvalue weighted by Gasteiger charge is -2.15. The number of amides is 1. The standard InChI is InChI=1S/C24H22ClN5OS/c1-16-7-3-6-10-21(16)30-22(18-11-13-26-14-12-18)28-29-24(30)32-17(2)23(31)27-15-19-8-4-5-9-20(19)25/h3-14,17H,15H2,1-2H3,(H,27,31). The number of hydrogen-bond acceptors (Lipinski definition) is 5. The zero-order chi connectivity index (χ0) is 22.5. The summed E-state index contributed by atoms with van der Waals surface area (Å²) in [5, 5.41) is 12.7. The molecule has 2 heterocycles. The molecule has 2 aromatic heterocycles. The Morgan fingerprint density at radius 1 is 1.06 bits per heavy atom. The molecule has 0 aliphatic rings. The van der Waals surface area contributed by atoms with E-state index >= 15 is 0 Å². The van der Waals surface area contributed by atoms with Crippen LogP contribution in [0.1, 0.15) is 18.1 Å². The number of nitrogens with one attached hydrogen (secondary N) is 1. The molecule has 1 amide bonds. The molecule has 162 valence electrons. The summed E-state index contributed by atoms with van der Waals surface area (Å²) in [7, 11) is 0. The minimum Gasteiger partial charge on any atom is -0.351 e. The summed E-state index contributed by atoms with van der Waals surface area (Å²) < 4.78 is 1.99. The lowest BCUT2D eigenvalue weighted by molar-refractivity contribution is -0.120. The predicted octanol–water partition coefficient (Wildman–Crippen LogP) is 5.09. The van der Waals surface area contributed by atoms with Crippen LogP contribution >= 0.6 is 23.4 Å². The van der Waals surface area contributed by atoms with E-state index in [9.17, 15) is 4.79 Å². The van der Waals surface area contributed by atoms with Crippen molar-refractivity contribution >= 4 is 29.3 Å². The maximum absolute atomic E-state index is 12.8. The number of aromatic nitrogens is 4. The van der Waals surface area contributed by atoms with Crippen LogP contribution < -0.4 is 5.32 Å². The average Bonchev–Trinajstić information content (AvgIpc) is 3.22. The third kappa shape index (κ3) is 4.84. The van der Waals surface area contributed by atoms with Crippen molar-refractivity contribution in [2.24, 2.45) is 0 Å². The highest BCUT2D eigenvalue weighted by atomic mass is 35.5. The number of aryl methyl sites for hydroxylation is 1. The van der Waals surface area contributed by atoms with Crippen molar-refractivity contribution in [3.05, 3.63) is 89.2 Å². The fourth-order valence-electron chi connectivity index (χ4n) is 3.25. The van der Waals surface area contributed by atoms with Crippen molar-refractivity contribution in [2.75, 3.05) is 0 Å². The summed E-state index contributed by atoms with van der Waals surface area (Å²) in [5.74, 6) is 0.604. The molecule has 0 fully saturated rings. The number of carbonyl (C=O) groups excluding carboxylic acids is 1. The third-order valence-electron chi connectivity index (χ3n) is 4.99. The Morgan fingerprint density at radius 2 is 1.78 bits per heavy atom. The number of nitrogens with zero attached hydrogens (tertiary/aromatic N) is 4. The molecule has 0 aliphatic heterocycles. The summed E-state index contributed by atoms with van der Waals surface area (Å²) in [4.78, 5) is 16.9. The molecule has 1 atom stereocenters. The Hall–Kier alpha value is -3.16.